The number of halogens is 3. The molecular weight excluding hydrogens is 284 g/mol. The van der Waals surface area contributed by atoms with Crippen LogP contribution in [0.2, 0.25) is 5.02 Å². The molecule has 0 aromatic heterocycles. The molecule has 1 atom stereocenters. The minimum Gasteiger partial charge on any atom is -0.381 e. The Morgan fingerprint density at radius 3 is 2.63 bits per heavy atom. The molecular formula is C15H14Cl2FN. The molecule has 0 aliphatic rings. The molecule has 19 heavy (non-hydrogen) atoms. The lowest BCUT2D eigenvalue weighted by Gasteiger charge is -2.13. The lowest BCUT2D eigenvalue weighted by molar-refractivity contribution is 0.627. The maximum absolute atomic E-state index is 13.1. The van der Waals surface area contributed by atoms with Crippen molar-refractivity contribution in [2.45, 2.75) is 18.8 Å². The molecule has 2 rings (SSSR count). The molecule has 0 aliphatic heterocycles. The molecule has 4 heteroatoms. The number of rotatable bonds is 4. The second-order valence-corrected chi connectivity index (χ2v) is 5.37. The molecule has 2 aromatic carbocycles. The molecule has 0 heterocycles. The average Bonchev–Trinajstić information content (AvgIpc) is 2.40. The van der Waals surface area contributed by atoms with Crippen LogP contribution < -0.4 is 5.32 Å². The first-order valence-electron chi connectivity index (χ1n) is 5.98. The summed E-state index contributed by atoms with van der Waals surface area (Å²) in [5, 5.41) is 3.36. The normalized spacial score (nSPS) is 12.2. The van der Waals surface area contributed by atoms with E-state index in [0.29, 0.717) is 6.54 Å². The summed E-state index contributed by atoms with van der Waals surface area (Å²) in [5.74, 6) is -0.403. The first-order chi connectivity index (χ1) is 9.08. The van der Waals surface area contributed by atoms with Crippen LogP contribution in [0.15, 0.2) is 42.5 Å². The van der Waals surface area contributed by atoms with Crippen molar-refractivity contribution in [3.05, 3.63) is 64.4 Å². The predicted molar refractivity (Wildman–Crippen MR) is 79.4 cm³/mol. The Morgan fingerprint density at radius 1 is 1.21 bits per heavy atom. The molecule has 0 bridgehead atoms. The Balaban J connectivity index is 2.12. The van der Waals surface area contributed by atoms with Crippen molar-refractivity contribution in [2.75, 3.05) is 5.32 Å². The Labute approximate surface area is 122 Å². The van der Waals surface area contributed by atoms with Crippen LogP contribution in [-0.4, -0.2) is 0 Å². The standard InChI is InChI=1S/C15H14Cl2FN/c1-10(16)12-4-2-3-5-15(12)19-9-11-6-7-14(18)13(17)8-11/h2-8,10,19H,9H2,1H3. The van der Waals surface area contributed by atoms with E-state index in [1.807, 2.05) is 31.2 Å². The highest BCUT2D eigenvalue weighted by atomic mass is 35.5. The van der Waals surface area contributed by atoms with Crippen molar-refractivity contribution in [1.82, 2.24) is 0 Å². The van der Waals surface area contributed by atoms with E-state index in [9.17, 15) is 4.39 Å². The fourth-order valence-corrected chi connectivity index (χ4v) is 2.25. The Hall–Kier alpha value is -1.25. The van der Waals surface area contributed by atoms with Crippen molar-refractivity contribution in [1.29, 1.82) is 0 Å². The van der Waals surface area contributed by atoms with Crippen molar-refractivity contribution < 1.29 is 4.39 Å². The average molecular weight is 298 g/mol. The van der Waals surface area contributed by atoms with E-state index in [-0.39, 0.29) is 10.4 Å². The van der Waals surface area contributed by atoms with Gasteiger partial charge in [-0.2, -0.15) is 0 Å². The number of alkyl halides is 1. The van der Waals surface area contributed by atoms with Gasteiger partial charge >= 0.3 is 0 Å². The quantitative estimate of drug-likeness (QED) is 0.746. The fourth-order valence-electron chi connectivity index (χ4n) is 1.85. The lowest BCUT2D eigenvalue weighted by atomic mass is 10.1. The van der Waals surface area contributed by atoms with Crippen LogP contribution in [0.5, 0.6) is 0 Å². The van der Waals surface area contributed by atoms with E-state index >= 15 is 0 Å². The number of hydrogen-bond donors (Lipinski definition) is 1. The van der Waals surface area contributed by atoms with Crippen LogP contribution in [0.3, 0.4) is 0 Å². The van der Waals surface area contributed by atoms with Gasteiger partial charge in [0.15, 0.2) is 0 Å². The third kappa shape index (κ3) is 3.62. The highest BCUT2D eigenvalue weighted by Gasteiger charge is 2.07. The van der Waals surface area contributed by atoms with Gasteiger partial charge in [0.1, 0.15) is 5.82 Å². The largest absolute Gasteiger partial charge is 0.381 e. The summed E-state index contributed by atoms with van der Waals surface area (Å²) in [6.45, 7) is 2.50. The van der Waals surface area contributed by atoms with Gasteiger partial charge in [-0.1, -0.05) is 35.9 Å². The van der Waals surface area contributed by atoms with Crippen molar-refractivity contribution in [3.63, 3.8) is 0 Å². The maximum atomic E-state index is 13.1. The van der Waals surface area contributed by atoms with Gasteiger partial charge in [-0.3, -0.25) is 0 Å². The van der Waals surface area contributed by atoms with Crippen LogP contribution in [0.25, 0.3) is 0 Å². The van der Waals surface area contributed by atoms with Crippen LogP contribution in [0.1, 0.15) is 23.4 Å². The second-order valence-electron chi connectivity index (χ2n) is 4.31. The fraction of sp³-hybridized carbons (Fsp3) is 0.200. The number of hydrogen-bond acceptors (Lipinski definition) is 1. The first kappa shape index (κ1) is 14.2. The van der Waals surface area contributed by atoms with E-state index < -0.39 is 5.82 Å². The van der Waals surface area contributed by atoms with E-state index in [1.54, 1.807) is 12.1 Å². The molecule has 0 spiro atoms. The summed E-state index contributed by atoms with van der Waals surface area (Å²) < 4.78 is 13.1. The second kappa shape index (κ2) is 6.27. The number of para-hydroxylation sites is 1. The van der Waals surface area contributed by atoms with Crippen molar-refractivity contribution in [3.8, 4) is 0 Å². The van der Waals surface area contributed by atoms with Crippen LogP contribution >= 0.6 is 23.2 Å². The van der Waals surface area contributed by atoms with Gasteiger partial charge in [0.05, 0.1) is 10.4 Å². The summed E-state index contributed by atoms with van der Waals surface area (Å²) in [4.78, 5) is 0. The van der Waals surface area contributed by atoms with Gasteiger partial charge in [0.25, 0.3) is 0 Å². The van der Waals surface area contributed by atoms with Crippen molar-refractivity contribution in [2.24, 2.45) is 0 Å². The SMILES string of the molecule is CC(Cl)c1ccccc1NCc1ccc(F)c(Cl)c1. The molecule has 0 amide bonds. The van der Waals surface area contributed by atoms with Crippen LogP contribution in [-0.2, 0) is 6.54 Å². The zero-order chi connectivity index (χ0) is 13.8. The highest BCUT2D eigenvalue weighted by Crippen LogP contribution is 2.27. The van der Waals surface area contributed by atoms with E-state index in [2.05, 4.69) is 5.32 Å². The Bertz CT molecular complexity index is 570. The molecule has 100 valence electrons. The Kier molecular flexibility index (Phi) is 4.67. The van der Waals surface area contributed by atoms with E-state index in [0.717, 1.165) is 16.8 Å². The van der Waals surface area contributed by atoms with Crippen molar-refractivity contribution >= 4 is 28.9 Å². The molecule has 1 nitrogen and oxygen atoms in total. The van der Waals surface area contributed by atoms with Gasteiger partial charge in [-0.05, 0) is 36.2 Å². The number of nitrogens with one attached hydrogen (secondary N) is 1. The molecule has 0 aliphatic carbocycles. The van der Waals surface area contributed by atoms with Gasteiger partial charge in [0, 0.05) is 12.2 Å². The molecule has 1 N–H and O–H groups in total. The maximum Gasteiger partial charge on any atom is 0.141 e. The van der Waals surface area contributed by atoms with Crippen LogP contribution in [0.4, 0.5) is 10.1 Å². The van der Waals surface area contributed by atoms with Gasteiger partial charge in [-0.15, -0.1) is 11.6 Å². The monoisotopic (exact) mass is 297 g/mol. The minimum atomic E-state index is -0.403. The molecule has 0 radical (unpaired) electrons. The molecule has 0 saturated carbocycles. The lowest BCUT2D eigenvalue weighted by Crippen LogP contribution is -2.03. The molecule has 2 aromatic rings. The molecule has 1 unspecified atom stereocenters. The minimum absolute atomic E-state index is 0.0690. The summed E-state index contributed by atoms with van der Waals surface area (Å²) in [7, 11) is 0. The summed E-state index contributed by atoms with van der Waals surface area (Å²) in [5.41, 5.74) is 2.94. The predicted octanol–water partition coefficient (Wildman–Crippen LogP) is 5.39. The summed E-state index contributed by atoms with van der Waals surface area (Å²) in [6.07, 6.45) is 0. The zero-order valence-electron chi connectivity index (χ0n) is 10.5. The third-order valence-electron chi connectivity index (χ3n) is 2.86. The first-order valence-corrected chi connectivity index (χ1v) is 6.80. The third-order valence-corrected chi connectivity index (χ3v) is 3.38. The Morgan fingerprint density at radius 2 is 1.95 bits per heavy atom. The zero-order valence-corrected chi connectivity index (χ0v) is 12.0. The smallest absolute Gasteiger partial charge is 0.141 e. The summed E-state index contributed by atoms with van der Waals surface area (Å²) in [6, 6.07) is 12.6. The molecule has 0 fully saturated rings. The number of anilines is 1. The van der Waals surface area contributed by atoms with Gasteiger partial charge < -0.3 is 5.32 Å². The summed E-state index contributed by atoms with van der Waals surface area (Å²) >= 11 is 11.9. The topological polar surface area (TPSA) is 12.0 Å². The van der Waals surface area contributed by atoms with Crippen LogP contribution in [0, 0.1) is 5.82 Å². The number of benzene rings is 2. The van der Waals surface area contributed by atoms with Gasteiger partial charge in [0.2, 0.25) is 0 Å². The van der Waals surface area contributed by atoms with Gasteiger partial charge in [-0.25, -0.2) is 4.39 Å². The highest BCUT2D eigenvalue weighted by molar-refractivity contribution is 6.30. The molecule has 0 saturated heterocycles. The van der Waals surface area contributed by atoms with E-state index in [4.69, 9.17) is 23.2 Å². The van der Waals surface area contributed by atoms with E-state index in [1.165, 1.54) is 6.07 Å².